The van der Waals surface area contributed by atoms with E-state index in [4.69, 9.17) is 0 Å². The summed E-state index contributed by atoms with van der Waals surface area (Å²) >= 11 is 1.65. The van der Waals surface area contributed by atoms with Crippen LogP contribution in [0.3, 0.4) is 0 Å². The summed E-state index contributed by atoms with van der Waals surface area (Å²) in [4.78, 5) is 12.1. The largest absolute Gasteiger partial charge is 0.366 e. The lowest BCUT2D eigenvalue weighted by Gasteiger charge is -2.23. The van der Waals surface area contributed by atoms with Crippen LogP contribution in [0.1, 0.15) is 20.8 Å². The summed E-state index contributed by atoms with van der Waals surface area (Å²) < 4.78 is 0. The van der Waals surface area contributed by atoms with Crippen LogP contribution in [0.4, 0.5) is 5.82 Å². The van der Waals surface area contributed by atoms with Crippen LogP contribution in [0.2, 0.25) is 0 Å². The average molecular weight is 264 g/mol. The predicted octanol–water partition coefficient (Wildman–Crippen LogP) is 2.83. The van der Waals surface area contributed by atoms with Gasteiger partial charge in [0.1, 0.15) is 17.0 Å². The van der Waals surface area contributed by atoms with E-state index < -0.39 is 0 Å². The Hall–Kier alpha value is -1.20. The minimum absolute atomic E-state index is 0.378. The van der Waals surface area contributed by atoms with Crippen LogP contribution >= 0.6 is 11.3 Å². The number of thiophene rings is 1. The fourth-order valence-electron chi connectivity index (χ4n) is 2.05. The summed E-state index contributed by atoms with van der Waals surface area (Å²) in [5.41, 5.74) is 0. The van der Waals surface area contributed by atoms with Crippen LogP contribution in [0, 0.1) is 0 Å². The molecule has 0 amide bonds. The minimum Gasteiger partial charge on any atom is -0.366 e. The Morgan fingerprint density at radius 1 is 1.33 bits per heavy atom. The number of aromatic nitrogens is 2. The van der Waals surface area contributed by atoms with Gasteiger partial charge in [-0.1, -0.05) is 13.8 Å². The van der Waals surface area contributed by atoms with Crippen molar-refractivity contribution < 1.29 is 0 Å². The van der Waals surface area contributed by atoms with E-state index in [-0.39, 0.29) is 0 Å². The first kappa shape index (κ1) is 13.2. The molecule has 18 heavy (non-hydrogen) atoms. The lowest BCUT2D eigenvalue weighted by Crippen LogP contribution is -2.34. The smallest absolute Gasteiger partial charge is 0.138 e. The van der Waals surface area contributed by atoms with E-state index >= 15 is 0 Å². The molecular formula is C13H20N4S. The number of likely N-dealkylation sites (N-methyl/N-ethyl adjacent to an activating group) is 1. The second-order valence-corrected chi connectivity index (χ2v) is 5.29. The van der Waals surface area contributed by atoms with Crippen molar-refractivity contribution in [2.24, 2.45) is 0 Å². The van der Waals surface area contributed by atoms with Crippen LogP contribution in [0.15, 0.2) is 17.8 Å². The van der Waals surface area contributed by atoms with Gasteiger partial charge in [0.05, 0.1) is 5.39 Å². The highest BCUT2D eigenvalue weighted by molar-refractivity contribution is 7.16. The zero-order chi connectivity index (χ0) is 13.0. The molecule has 0 aromatic carbocycles. The molecule has 0 aliphatic rings. The third-order valence-corrected chi connectivity index (χ3v) is 3.89. The molecule has 1 atom stereocenters. The topological polar surface area (TPSA) is 41.0 Å². The van der Waals surface area contributed by atoms with E-state index in [0.29, 0.717) is 6.04 Å². The summed E-state index contributed by atoms with van der Waals surface area (Å²) in [7, 11) is 0. The number of nitrogens with one attached hydrogen (secondary N) is 1. The SMILES string of the molecule is CCN(CC)CC(C)Nc1ncnc2sccc12. The third kappa shape index (κ3) is 2.97. The zero-order valence-corrected chi connectivity index (χ0v) is 12.0. The van der Waals surface area contributed by atoms with Gasteiger partial charge >= 0.3 is 0 Å². The molecule has 2 aromatic heterocycles. The Morgan fingerprint density at radius 2 is 2.11 bits per heavy atom. The number of fused-ring (bicyclic) bond motifs is 1. The van der Waals surface area contributed by atoms with Gasteiger partial charge in [-0.05, 0) is 31.5 Å². The van der Waals surface area contributed by atoms with Gasteiger partial charge in [0.15, 0.2) is 0 Å². The Balaban J connectivity index is 2.06. The zero-order valence-electron chi connectivity index (χ0n) is 11.2. The molecule has 0 radical (unpaired) electrons. The van der Waals surface area contributed by atoms with E-state index in [1.807, 2.05) is 0 Å². The first-order chi connectivity index (χ1) is 8.74. The molecule has 2 rings (SSSR count). The van der Waals surface area contributed by atoms with Gasteiger partial charge in [-0.3, -0.25) is 0 Å². The van der Waals surface area contributed by atoms with Crippen molar-refractivity contribution in [2.75, 3.05) is 25.0 Å². The molecule has 0 spiro atoms. The molecule has 0 aliphatic heterocycles. The first-order valence-electron chi connectivity index (χ1n) is 6.41. The summed E-state index contributed by atoms with van der Waals surface area (Å²) in [6.45, 7) is 9.78. The maximum atomic E-state index is 4.34. The summed E-state index contributed by atoms with van der Waals surface area (Å²) in [5, 5.41) is 6.66. The third-order valence-electron chi connectivity index (χ3n) is 3.07. The highest BCUT2D eigenvalue weighted by atomic mass is 32.1. The maximum Gasteiger partial charge on any atom is 0.138 e. The Labute approximate surface area is 112 Å². The molecule has 0 saturated heterocycles. The van der Waals surface area contributed by atoms with Crippen LogP contribution in [-0.4, -0.2) is 40.5 Å². The summed E-state index contributed by atoms with van der Waals surface area (Å²) in [6, 6.07) is 2.45. The van der Waals surface area contributed by atoms with Crippen LogP contribution in [0.5, 0.6) is 0 Å². The van der Waals surface area contributed by atoms with Crippen LogP contribution in [-0.2, 0) is 0 Å². The van der Waals surface area contributed by atoms with E-state index in [1.165, 1.54) is 0 Å². The number of hydrogen-bond acceptors (Lipinski definition) is 5. The molecule has 4 nitrogen and oxygen atoms in total. The predicted molar refractivity (Wildman–Crippen MR) is 78.3 cm³/mol. The van der Waals surface area contributed by atoms with E-state index in [1.54, 1.807) is 17.7 Å². The van der Waals surface area contributed by atoms with Crippen molar-refractivity contribution >= 4 is 27.4 Å². The second kappa shape index (κ2) is 6.11. The van der Waals surface area contributed by atoms with Crippen molar-refractivity contribution in [2.45, 2.75) is 26.8 Å². The highest BCUT2D eigenvalue weighted by Gasteiger charge is 2.10. The van der Waals surface area contributed by atoms with Gasteiger partial charge in [-0.25, -0.2) is 9.97 Å². The number of nitrogens with zero attached hydrogens (tertiary/aromatic N) is 3. The molecule has 0 aliphatic carbocycles. The quantitative estimate of drug-likeness (QED) is 0.871. The van der Waals surface area contributed by atoms with Gasteiger partial charge in [0.25, 0.3) is 0 Å². The van der Waals surface area contributed by atoms with Crippen LogP contribution < -0.4 is 5.32 Å². The maximum absolute atomic E-state index is 4.34. The number of rotatable bonds is 6. The standard InChI is InChI=1S/C13H20N4S/c1-4-17(5-2)8-10(3)16-12-11-6-7-18-13(11)15-9-14-12/h6-7,9-10H,4-5,8H2,1-3H3,(H,14,15,16). The van der Waals surface area contributed by atoms with Gasteiger partial charge in [0.2, 0.25) is 0 Å². The first-order valence-corrected chi connectivity index (χ1v) is 7.29. The van der Waals surface area contributed by atoms with E-state index in [0.717, 1.165) is 35.7 Å². The molecule has 1 N–H and O–H groups in total. The second-order valence-electron chi connectivity index (χ2n) is 4.39. The van der Waals surface area contributed by atoms with Gasteiger partial charge < -0.3 is 10.2 Å². The normalized spacial score (nSPS) is 13.1. The molecule has 5 heteroatoms. The molecule has 0 bridgehead atoms. The lowest BCUT2D eigenvalue weighted by molar-refractivity contribution is 0.294. The van der Waals surface area contributed by atoms with Crippen molar-refractivity contribution in [3.05, 3.63) is 17.8 Å². The Bertz CT molecular complexity index is 492. The van der Waals surface area contributed by atoms with Crippen molar-refractivity contribution in [1.82, 2.24) is 14.9 Å². The molecular weight excluding hydrogens is 244 g/mol. The molecule has 0 saturated carbocycles. The van der Waals surface area contributed by atoms with Crippen molar-refractivity contribution in [3.8, 4) is 0 Å². The van der Waals surface area contributed by atoms with Gasteiger partial charge in [-0.15, -0.1) is 11.3 Å². The number of anilines is 1. The van der Waals surface area contributed by atoms with Crippen LogP contribution in [0.25, 0.3) is 10.2 Å². The minimum atomic E-state index is 0.378. The van der Waals surface area contributed by atoms with Gasteiger partial charge in [0, 0.05) is 12.6 Å². The van der Waals surface area contributed by atoms with Crippen molar-refractivity contribution in [1.29, 1.82) is 0 Å². The van der Waals surface area contributed by atoms with Gasteiger partial charge in [-0.2, -0.15) is 0 Å². The Kier molecular flexibility index (Phi) is 4.49. The molecule has 2 aromatic rings. The van der Waals surface area contributed by atoms with E-state index in [9.17, 15) is 0 Å². The van der Waals surface area contributed by atoms with E-state index in [2.05, 4.69) is 52.4 Å². The Morgan fingerprint density at radius 3 is 2.83 bits per heavy atom. The monoisotopic (exact) mass is 264 g/mol. The molecule has 98 valence electrons. The fourth-order valence-corrected chi connectivity index (χ4v) is 2.79. The highest BCUT2D eigenvalue weighted by Crippen LogP contribution is 2.24. The average Bonchev–Trinajstić information content (AvgIpc) is 2.85. The molecule has 1 unspecified atom stereocenters. The summed E-state index contributed by atoms with van der Waals surface area (Å²) in [6.07, 6.45) is 1.63. The van der Waals surface area contributed by atoms with Crippen molar-refractivity contribution in [3.63, 3.8) is 0 Å². The summed E-state index contributed by atoms with van der Waals surface area (Å²) in [5.74, 6) is 0.945. The molecule has 0 fully saturated rings. The number of hydrogen-bond donors (Lipinski definition) is 1. The lowest BCUT2D eigenvalue weighted by atomic mass is 10.3. The molecule has 2 heterocycles. The fraction of sp³-hybridized carbons (Fsp3) is 0.538.